The van der Waals surface area contributed by atoms with Crippen LogP contribution in [0.4, 0.5) is 0 Å². The van der Waals surface area contributed by atoms with Crippen LogP contribution in [-0.4, -0.2) is 7.11 Å². The van der Waals surface area contributed by atoms with E-state index in [1.54, 1.807) is 7.11 Å². The van der Waals surface area contributed by atoms with Crippen LogP contribution < -0.4 is 23.6 Å². The Morgan fingerprint density at radius 2 is 2.00 bits per heavy atom. The van der Waals surface area contributed by atoms with Crippen molar-refractivity contribution in [3.8, 4) is 5.75 Å². The molecule has 0 atom stereocenters. The van der Waals surface area contributed by atoms with Crippen LogP contribution in [0, 0.1) is 0 Å². The third kappa shape index (κ3) is 1.39. The molecule has 0 unspecified atom stereocenters. The van der Waals surface area contributed by atoms with E-state index in [0.717, 1.165) is 5.75 Å². The summed E-state index contributed by atoms with van der Waals surface area (Å²) in [6.07, 6.45) is 0. The SMILES string of the molecule is COc1c[cH-]c2ccccc12.[Li+]. The Hall–Kier alpha value is -0.773. The third-order valence-corrected chi connectivity index (χ3v) is 1.86. The first kappa shape index (κ1) is 9.32. The molecule has 1 nitrogen and oxygen atoms in total. The largest absolute Gasteiger partial charge is 1.00 e. The Kier molecular flexibility index (Phi) is 2.92. The summed E-state index contributed by atoms with van der Waals surface area (Å²) in [7, 11) is 1.70. The molecule has 0 radical (unpaired) electrons. The van der Waals surface area contributed by atoms with Crippen LogP contribution in [0.5, 0.6) is 5.75 Å². The molecule has 0 saturated carbocycles. The standard InChI is InChI=1S/C10H9O.Li/c1-11-10-7-6-8-4-2-3-5-9(8)10;/h2-7H,1H3;/q-1;+1. The number of methoxy groups -OCH3 is 1. The average Bonchev–Trinajstić information content (AvgIpc) is 2.47. The van der Waals surface area contributed by atoms with Crippen molar-refractivity contribution in [3.05, 3.63) is 36.4 Å². The van der Waals surface area contributed by atoms with Gasteiger partial charge in [-0.25, -0.2) is 0 Å². The van der Waals surface area contributed by atoms with Crippen molar-refractivity contribution in [1.29, 1.82) is 0 Å². The van der Waals surface area contributed by atoms with Gasteiger partial charge in [-0.15, -0.1) is 35.7 Å². The molecule has 0 bridgehead atoms. The fourth-order valence-corrected chi connectivity index (χ4v) is 1.30. The van der Waals surface area contributed by atoms with Gasteiger partial charge in [0.25, 0.3) is 0 Å². The Morgan fingerprint density at radius 3 is 2.75 bits per heavy atom. The van der Waals surface area contributed by atoms with Gasteiger partial charge in [-0.2, -0.15) is 0 Å². The molecule has 2 heteroatoms. The molecule has 0 fully saturated rings. The van der Waals surface area contributed by atoms with Crippen LogP contribution in [0.2, 0.25) is 0 Å². The second-order valence-corrected chi connectivity index (χ2v) is 2.49. The predicted octanol–water partition coefficient (Wildman–Crippen LogP) is -0.429. The Labute approximate surface area is 83.9 Å². The summed E-state index contributed by atoms with van der Waals surface area (Å²) in [6, 6.07) is 12.2. The van der Waals surface area contributed by atoms with Crippen LogP contribution >= 0.6 is 0 Å². The smallest absolute Gasteiger partial charge is 0.548 e. The molecule has 12 heavy (non-hydrogen) atoms. The number of hydrogen-bond acceptors (Lipinski definition) is 1. The predicted molar refractivity (Wildman–Crippen MR) is 46.1 cm³/mol. The Bertz CT molecular complexity index is 365. The van der Waals surface area contributed by atoms with Gasteiger partial charge in [0.15, 0.2) is 0 Å². The number of ether oxygens (including phenoxy) is 1. The van der Waals surface area contributed by atoms with Gasteiger partial charge in [-0.1, -0.05) is 11.5 Å². The minimum absolute atomic E-state index is 0. The van der Waals surface area contributed by atoms with E-state index < -0.39 is 0 Å². The van der Waals surface area contributed by atoms with E-state index in [0.29, 0.717) is 0 Å². The zero-order valence-electron chi connectivity index (χ0n) is 7.37. The van der Waals surface area contributed by atoms with Crippen molar-refractivity contribution in [2.24, 2.45) is 0 Å². The molecule has 2 rings (SSSR count). The first-order chi connectivity index (χ1) is 5.42. The topological polar surface area (TPSA) is 9.23 Å². The molecular weight excluding hydrogens is 143 g/mol. The van der Waals surface area contributed by atoms with Gasteiger partial charge in [-0.05, 0) is 0 Å². The van der Waals surface area contributed by atoms with Crippen molar-refractivity contribution in [2.45, 2.75) is 0 Å². The number of rotatable bonds is 1. The number of benzene rings is 1. The minimum Gasteiger partial charge on any atom is -0.548 e. The van der Waals surface area contributed by atoms with Crippen molar-refractivity contribution in [2.75, 3.05) is 7.11 Å². The maximum Gasteiger partial charge on any atom is 1.00 e. The van der Waals surface area contributed by atoms with Gasteiger partial charge in [0.2, 0.25) is 0 Å². The summed E-state index contributed by atoms with van der Waals surface area (Å²) in [5.74, 6) is 0.959. The monoisotopic (exact) mass is 152 g/mol. The summed E-state index contributed by atoms with van der Waals surface area (Å²) in [4.78, 5) is 0. The number of hydrogen-bond donors (Lipinski definition) is 0. The van der Waals surface area contributed by atoms with E-state index in [1.165, 1.54) is 10.8 Å². The van der Waals surface area contributed by atoms with Crippen molar-refractivity contribution in [3.63, 3.8) is 0 Å². The molecule has 0 heterocycles. The van der Waals surface area contributed by atoms with Crippen LogP contribution in [0.15, 0.2) is 36.4 Å². The Balaban J connectivity index is 0.000000720. The average molecular weight is 152 g/mol. The molecule has 0 aliphatic carbocycles. The van der Waals surface area contributed by atoms with Crippen molar-refractivity contribution >= 4 is 10.8 Å². The molecule has 0 amide bonds. The van der Waals surface area contributed by atoms with Gasteiger partial charge in [0.1, 0.15) is 0 Å². The van der Waals surface area contributed by atoms with E-state index >= 15 is 0 Å². The molecule has 0 aromatic heterocycles. The minimum atomic E-state index is 0. The quantitative estimate of drug-likeness (QED) is 0.398. The van der Waals surface area contributed by atoms with Crippen LogP contribution in [-0.2, 0) is 0 Å². The van der Waals surface area contributed by atoms with Gasteiger partial charge >= 0.3 is 18.9 Å². The molecule has 0 N–H and O–H groups in total. The first-order valence-electron chi connectivity index (χ1n) is 3.60. The fraction of sp³-hybridized carbons (Fsp3) is 0.100. The van der Waals surface area contributed by atoms with E-state index in [9.17, 15) is 0 Å². The van der Waals surface area contributed by atoms with Crippen LogP contribution in [0.3, 0.4) is 0 Å². The summed E-state index contributed by atoms with van der Waals surface area (Å²) in [5, 5.41) is 2.43. The second kappa shape index (κ2) is 3.76. The van der Waals surface area contributed by atoms with E-state index in [2.05, 4.69) is 18.2 Å². The normalized spacial score (nSPS) is 9.42. The van der Waals surface area contributed by atoms with Gasteiger partial charge in [0.05, 0.1) is 7.11 Å². The second-order valence-electron chi connectivity index (χ2n) is 2.49. The Morgan fingerprint density at radius 1 is 1.25 bits per heavy atom. The third-order valence-electron chi connectivity index (χ3n) is 1.86. The van der Waals surface area contributed by atoms with E-state index in [1.807, 2.05) is 18.2 Å². The van der Waals surface area contributed by atoms with Crippen molar-refractivity contribution < 1.29 is 23.6 Å². The van der Waals surface area contributed by atoms with Gasteiger partial charge < -0.3 is 4.74 Å². The zero-order valence-corrected chi connectivity index (χ0v) is 7.37. The summed E-state index contributed by atoms with van der Waals surface area (Å²) < 4.78 is 5.17. The van der Waals surface area contributed by atoms with Crippen LogP contribution in [0.25, 0.3) is 10.8 Å². The molecule has 0 saturated heterocycles. The van der Waals surface area contributed by atoms with Crippen LogP contribution in [0.1, 0.15) is 0 Å². The molecular formula is C10H9LiO. The summed E-state index contributed by atoms with van der Waals surface area (Å²) in [6.45, 7) is 0. The maximum absolute atomic E-state index is 5.17. The molecule has 0 spiro atoms. The van der Waals surface area contributed by atoms with Gasteiger partial charge in [0, 0.05) is 5.75 Å². The number of fused-ring (bicyclic) bond motifs is 1. The zero-order chi connectivity index (χ0) is 7.68. The molecule has 0 aliphatic heterocycles. The summed E-state index contributed by atoms with van der Waals surface area (Å²) in [5.41, 5.74) is 0. The first-order valence-corrected chi connectivity index (χ1v) is 3.60. The molecule has 56 valence electrons. The van der Waals surface area contributed by atoms with Gasteiger partial charge in [-0.3, -0.25) is 0 Å². The fourth-order valence-electron chi connectivity index (χ4n) is 1.30. The van der Waals surface area contributed by atoms with Crippen molar-refractivity contribution in [1.82, 2.24) is 0 Å². The summed E-state index contributed by atoms with van der Waals surface area (Å²) >= 11 is 0. The van der Waals surface area contributed by atoms with E-state index in [-0.39, 0.29) is 18.9 Å². The maximum atomic E-state index is 5.17. The molecule has 0 aliphatic rings. The molecule has 2 aromatic carbocycles. The molecule has 2 aromatic rings. The van der Waals surface area contributed by atoms with E-state index in [4.69, 9.17) is 4.74 Å².